The second-order valence-corrected chi connectivity index (χ2v) is 7.75. The molecule has 0 aliphatic carbocycles. The number of alkyl halides is 6. The lowest BCUT2D eigenvalue weighted by Crippen LogP contribution is -2.16. The number of aliphatic imine (C=N–C) groups is 1. The molecule has 1 heterocycles. The van der Waals surface area contributed by atoms with Crippen molar-refractivity contribution in [3.63, 3.8) is 0 Å². The number of hydrogen-bond donors (Lipinski definition) is 1. The van der Waals surface area contributed by atoms with Gasteiger partial charge in [-0.2, -0.15) is 31.3 Å². The van der Waals surface area contributed by atoms with Crippen LogP contribution in [0.3, 0.4) is 0 Å². The first kappa shape index (κ1) is 23.7. The molecule has 11 heteroatoms. The van der Waals surface area contributed by atoms with Crippen LogP contribution in [-0.4, -0.2) is 18.1 Å². The molecule has 0 unspecified atom stereocenters. The number of rotatable bonds is 4. The van der Waals surface area contributed by atoms with Gasteiger partial charge in [0.25, 0.3) is 0 Å². The van der Waals surface area contributed by atoms with E-state index in [0.717, 1.165) is 23.4 Å². The van der Waals surface area contributed by atoms with Gasteiger partial charge in [-0.05, 0) is 60.2 Å². The van der Waals surface area contributed by atoms with Crippen molar-refractivity contribution in [3.05, 3.63) is 69.1 Å². The van der Waals surface area contributed by atoms with Gasteiger partial charge in [-0.1, -0.05) is 12.1 Å². The van der Waals surface area contributed by atoms with Gasteiger partial charge in [0.2, 0.25) is 0 Å². The number of carbonyl (C=O) groups is 1. The molecule has 3 rings (SSSR count). The zero-order chi connectivity index (χ0) is 23.7. The van der Waals surface area contributed by atoms with Crippen LogP contribution in [0.15, 0.2) is 46.3 Å². The summed E-state index contributed by atoms with van der Waals surface area (Å²) in [6, 6.07) is 6.21. The summed E-state index contributed by atoms with van der Waals surface area (Å²) in [6.07, 6.45) is -8.11. The number of amides is 1. The Morgan fingerprint density at radius 3 is 2.38 bits per heavy atom. The SMILES string of the molecule is CNC1=NC(=O)SC1=Cc1ccc(OCc2ccc(C(F)(F)F)cc2C(F)(F)F)cc1C. The smallest absolute Gasteiger partial charge is 0.416 e. The van der Waals surface area contributed by atoms with Crippen molar-refractivity contribution < 1.29 is 35.9 Å². The minimum atomic E-state index is -4.96. The quantitative estimate of drug-likeness (QED) is 0.519. The lowest BCUT2D eigenvalue weighted by molar-refractivity contribution is -0.143. The molecule has 1 amide bonds. The van der Waals surface area contributed by atoms with Gasteiger partial charge in [-0.25, -0.2) is 0 Å². The topological polar surface area (TPSA) is 50.7 Å². The normalized spacial score (nSPS) is 15.8. The summed E-state index contributed by atoms with van der Waals surface area (Å²) >= 11 is 0.958. The Balaban J connectivity index is 1.80. The Morgan fingerprint density at radius 2 is 1.78 bits per heavy atom. The van der Waals surface area contributed by atoms with Gasteiger partial charge in [0.1, 0.15) is 18.2 Å². The second-order valence-electron chi connectivity index (χ2n) is 6.76. The third-order valence-corrected chi connectivity index (χ3v) is 5.33. The van der Waals surface area contributed by atoms with Crippen molar-refractivity contribution in [2.75, 3.05) is 7.05 Å². The molecule has 0 radical (unpaired) electrons. The standard InChI is InChI=1S/C21H16F6N2O2S/c1-11-7-15(6-4-12(11)8-17-18(28-2)29-19(30)32-17)31-10-13-3-5-14(20(22,23)24)9-16(13)21(25,26)27/h3-9H,10H2,1-2H3,(H,28,29,30). The zero-order valence-corrected chi connectivity index (χ0v) is 17.5. The first-order valence-corrected chi connectivity index (χ1v) is 9.91. The maximum Gasteiger partial charge on any atom is 0.416 e. The van der Waals surface area contributed by atoms with Crippen molar-refractivity contribution in [2.24, 2.45) is 4.99 Å². The number of carbonyl (C=O) groups excluding carboxylic acids is 1. The number of aryl methyl sites for hydroxylation is 1. The molecular formula is C21H16F6N2O2S. The summed E-state index contributed by atoms with van der Waals surface area (Å²) in [7, 11) is 1.63. The fraction of sp³-hybridized carbons (Fsp3) is 0.238. The number of hydrogen-bond acceptors (Lipinski definition) is 4. The highest BCUT2D eigenvalue weighted by atomic mass is 32.2. The maximum atomic E-state index is 13.3. The van der Waals surface area contributed by atoms with Crippen LogP contribution in [-0.2, 0) is 19.0 Å². The van der Waals surface area contributed by atoms with Gasteiger partial charge in [-0.15, -0.1) is 0 Å². The molecule has 4 nitrogen and oxygen atoms in total. The highest BCUT2D eigenvalue weighted by molar-refractivity contribution is 8.18. The lowest BCUT2D eigenvalue weighted by Gasteiger charge is -2.16. The molecule has 2 aromatic rings. The fourth-order valence-electron chi connectivity index (χ4n) is 2.93. The van der Waals surface area contributed by atoms with Crippen LogP contribution in [0.25, 0.3) is 6.08 Å². The Morgan fingerprint density at radius 1 is 1.06 bits per heavy atom. The summed E-state index contributed by atoms with van der Waals surface area (Å²) in [6.45, 7) is 1.18. The van der Waals surface area contributed by atoms with E-state index < -0.39 is 35.6 Å². The Bertz CT molecular complexity index is 1110. The van der Waals surface area contributed by atoms with Crippen LogP contribution in [0.2, 0.25) is 0 Å². The van der Waals surface area contributed by atoms with Crippen molar-refractivity contribution in [3.8, 4) is 5.75 Å². The summed E-state index contributed by atoms with van der Waals surface area (Å²) < 4.78 is 83.6. The molecule has 1 aliphatic rings. The van der Waals surface area contributed by atoms with Gasteiger partial charge < -0.3 is 10.1 Å². The van der Waals surface area contributed by atoms with E-state index in [0.29, 0.717) is 22.4 Å². The molecule has 0 aromatic heterocycles. The Kier molecular flexibility index (Phi) is 6.59. The number of nitrogens with one attached hydrogen (secondary N) is 1. The molecule has 170 valence electrons. The third-order valence-electron chi connectivity index (χ3n) is 4.54. The fourth-order valence-corrected chi connectivity index (χ4v) is 3.69. The molecule has 0 spiro atoms. The molecule has 32 heavy (non-hydrogen) atoms. The number of thioether (sulfide) groups is 1. The van der Waals surface area contributed by atoms with Gasteiger partial charge in [0.05, 0.1) is 16.0 Å². The van der Waals surface area contributed by atoms with E-state index >= 15 is 0 Å². The van der Waals surface area contributed by atoms with Crippen LogP contribution in [0.1, 0.15) is 27.8 Å². The third kappa shape index (κ3) is 5.45. The van der Waals surface area contributed by atoms with E-state index in [-0.39, 0.29) is 17.1 Å². The molecule has 0 bridgehead atoms. The highest BCUT2D eigenvalue weighted by Crippen LogP contribution is 2.38. The predicted octanol–water partition coefficient (Wildman–Crippen LogP) is 6.44. The second kappa shape index (κ2) is 8.89. The minimum Gasteiger partial charge on any atom is -0.489 e. The van der Waals surface area contributed by atoms with Crippen molar-refractivity contribution in [1.29, 1.82) is 0 Å². The van der Waals surface area contributed by atoms with Crippen molar-refractivity contribution in [1.82, 2.24) is 5.32 Å². The Hall–Kier alpha value is -2.95. The van der Waals surface area contributed by atoms with E-state index in [4.69, 9.17) is 4.74 Å². The van der Waals surface area contributed by atoms with Gasteiger partial charge in [0.15, 0.2) is 0 Å². The molecular weight excluding hydrogens is 458 g/mol. The number of benzene rings is 2. The van der Waals surface area contributed by atoms with Gasteiger partial charge in [-0.3, -0.25) is 4.79 Å². The molecule has 0 fully saturated rings. The van der Waals surface area contributed by atoms with E-state index in [1.54, 1.807) is 32.2 Å². The number of likely N-dealkylation sites (N-methyl/N-ethyl adjacent to an activating group) is 1. The molecule has 0 atom stereocenters. The monoisotopic (exact) mass is 474 g/mol. The average Bonchev–Trinajstić information content (AvgIpc) is 3.06. The summed E-state index contributed by atoms with van der Waals surface area (Å²) in [5.74, 6) is 0.678. The van der Waals surface area contributed by atoms with Crippen molar-refractivity contribution >= 4 is 28.9 Å². The van der Waals surface area contributed by atoms with Gasteiger partial charge in [0, 0.05) is 12.6 Å². The molecule has 0 saturated heterocycles. The van der Waals surface area contributed by atoms with Crippen LogP contribution in [0.4, 0.5) is 31.1 Å². The molecule has 0 saturated carbocycles. The Labute approximate surface area is 183 Å². The first-order chi connectivity index (χ1) is 14.9. The summed E-state index contributed by atoms with van der Waals surface area (Å²) in [5.41, 5.74) is -1.73. The van der Waals surface area contributed by atoms with Crippen LogP contribution >= 0.6 is 11.8 Å². The average molecular weight is 474 g/mol. The van der Waals surface area contributed by atoms with E-state index in [2.05, 4.69) is 10.3 Å². The molecule has 1 aliphatic heterocycles. The number of ether oxygens (including phenoxy) is 1. The zero-order valence-electron chi connectivity index (χ0n) is 16.7. The highest BCUT2D eigenvalue weighted by Gasteiger charge is 2.38. The largest absolute Gasteiger partial charge is 0.489 e. The van der Waals surface area contributed by atoms with Crippen LogP contribution in [0, 0.1) is 6.92 Å². The van der Waals surface area contributed by atoms with E-state index in [9.17, 15) is 31.1 Å². The van der Waals surface area contributed by atoms with Crippen LogP contribution in [0.5, 0.6) is 5.75 Å². The molecule has 1 N–H and O–H groups in total. The minimum absolute atomic E-state index is 0.0840. The maximum absolute atomic E-state index is 13.3. The van der Waals surface area contributed by atoms with E-state index in [1.807, 2.05) is 0 Å². The van der Waals surface area contributed by atoms with Crippen LogP contribution < -0.4 is 10.1 Å². The van der Waals surface area contributed by atoms with Crippen molar-refractivity contribution in [2.45, 2.75) is 25.9 Å². The summed E-state index contributed by atoms with van der Waals surface area (Å²) in [4.78, 5) is 15.9. The van der Waals surface area contributed by atoms with Gasteiger partial charge >= 0.3 is 17.6 Å². The number of halogens is 6. The predicted molar refractivity (Wildman–Crippen MR) is 109 cm³/mol. The summed E-state index contributed by atoms with van der Waals surface area (Å²) in [5, 5.41) is 2.47. The van der Waals surface area contributed by atoms with E-state index in [1.165, 1.54) is 6.07 Å². The first-order valence-electron chi connectivity index (χ1n) is 9.09. The number of nitrogens with zero attached hydrogens (tertiary/aromatic N) is 1. The lowest BCUT2D eigenvalue weighted by atomic mass is 10.0. The number of amidine groups is 1. The molecule has 2 aromatic carbocycles.